The molecule has 0 amide bonds. The van der Waals surface area contributed by atoms with Gasteiger partial charge in [0.25, 0.3) is 5.84 Å². The minimum atomic E-state index is 0.0859. The van der Waals surface area contributed by atoms with Gasteiger partial charge in [0, 0.05) is 5.92 Å². The number of fused-ring (bicyclic) bond motifs is 1. The lowest BCUT2D eigenvalue weighted by Crippen LogP contribution is -2.53. The van der Waals surface area contributed by atoms with Crippen LogP contribution >= 0.6 is 0 Å². The summed E-state index contributed by atoms with van der Waals surface area (Å²) in [5.74, 6) is 10.4. The van der Waals surface area contributed by atoms with Crippen molar-refractivity contribution >= 4 is 12.1 Å². The number of allylic oxidation sites excluding steroid dienone is 2. The van der Waals surface area contributed by atoms with Gasteiger partial charge in [0.2, 0.25) is 5.70 Å². The molecule has 1 fully saturated rings. The van der Waals surface area contributed by atoms with Gasteiger partial charge in [0.15, 0.2) is 0 Å². The number of aliphatic imine (C=N–C) groups is 2. The van der Waals surface area contributed by atoms with Crippen LogP contribution in [0.15, 0.2) is 88.4 Å². The van der Waals surface area contributed by atoms with E-state index in [1.807, 2.05) is 67.0 Å². The summed E-state index contributed by atoms with van der Waals surface area (Å²) >= 11 is 0. The minimum Gasteiger partial charge on any atom is -0.457 e. The van der Waals surface area contributed by atoms with Gasteiger partial charge in [-0.2, -0.15) is 10.8 Å². The van der Waals surface area contributed by atoms with Gasteiger partial charge in [0.05, 0.1) is 18.0 Å². The molecule has 0 saturated heterocycles. The van der Waals surface area contributed by atoms with Gasteiger partial charge >= 0.3 is 0 Å². The highest BCUT2D eigenvalue weighted by molar-refractivity contribution is 6.00. The van der Waals surface area contributed by atoms with Crippen LogP contribution in [-0.2, 0) is 0 Å². The van der Waals surface area contributed by atoms with Crippen molar-refractivity contribution in [1.29, 1.82) is 0 Å². The Morgan fingerprint density at radius 1 is 1.00 bits per heavy atom. The maximum absolute atomic E-state index is 6.78. The third-order valence-corrected chi connectivity index (χ3v) is 5.67. The zero-order chi connectivity index (χ0) is 19.1. The fraction of sp³-hybridized carbons (Fsp3) is 0.217. The normalized spacial score (nSPS) is 28.0. The second kappa shape index (κ2) is 6.55. The predicted molar refractivity (Wildman–Crippen MR) is 110 cm³/mol. The summed E-state index contributed by atoms with van der Waals surface area (Å²) in [6.07, 6.45) is 7.84. The first-order valence-corrected chi connectivity index (χ1v) is 9.69. The van der Waals surface area contributed by atoms with E-state index < -0.39 is 0 Å². The van der Waals surface area contributed by atoms with Crippen LogP contribution in [-0.4, -0.2) is 16.6 Å². The first-order valence-electron chi connectivity index (χ1n) is 9.69. The molecular formula is C23H23N4O+. The number of nitrogens with two attached hydrogens (primary N) is 1. The second-order valence-electron chi connectivity index (χ2n) is 7.77. The molecule has 1 atom stereocenters. The molecule has 1 aliphatic carbocycles. The van der Waals surface area contributed by atoms with E-state index in [1.54, 1.807) is 6.20 Å². The average Bonchev–Trinajstić information content (AvgIpc) is 3.00. The number of ether oxygens (including phenoxy) is 1. The number of amidine groups is 1. The number of quaternary nitrogens is 1. The van der Waals surface area contributed by atoms with Gasteiger partial charge in [-0.25, -0.2) is 0 Å². The predicted octanol–water partition coefficient (Wildman–Crippen LogP) is 4.74. The van der Waals surface area contributed by atoms with Crippen molar-refractivity contribution < 1.29 is 9.33 Å². The van der Waals surface area contributed by atoms with Crippen LogP contribution in [0.3, 0.4) is 0 Å². The smallest absolute Gasteiger partial charge is 0.264 e. The number of rotatable bonds is 4. The van der Waals surface area contributed by atoms with Gasteiger partial charge in [-0.1, -0.05) is 25.1 Å². The van der Waals surface area contributed by atoms with E-state index in [0.29, 0.717) is 5.92 Å². The Labute approximate surface area is 164 Å². The molecule has 1 saturated carbocycles. The fourth-order valence-corrected chi connectivity index (χ4v) is 4.13. The maximum Gasteiger partial charge on any atom is 0.264 e. The molecule has 2 aliphatic heterocycles. The molecule has 28 heavy (non-hydrogen) atoms. The van der Waals surface area contributed by atoms with Gasteiger partial charge < -0.3 is 4.74 Å². The first-order chi connectivity index (χ1) is 13.6. The second-order valence-corrected chi connectivity index (χ2v) is 7.77. The van der Waals surface area contributed by atoms with Crippen LogP contribution in [0.1, 0.15) is 25.3 Å². The summed E-state index contributed by atoms with van der Waals surface area (Å²) < 4.78 is 5.99. The molecule has 1 unspecified atom stereocenters. The monoisotopic (exact) mass is 371 g/mol. The highest BCUT2D eigenvalue weighted by Crippen LogP contribution is 2.44. The van der Waals surface area contributed by atoms with E-state index in [1.165, 1.54) is 0 Å². The van der Waals surface area contributed by atoms with Crippen molar-refractivity contribution in [3.8, 4) is 11.5 Å². The van der Waals surface area contributed by atoms with E-state index in [0.717, 1.165) is 53.1 Å². The molecule has 2 aromatic rings. The van der Waals surface area contributed by atoms with Gasteiger partial charge in [-0.3, -0.25) is 4.99 Å². The molecule has 140 valence electrons. The van der Waals surface area contributed by atoms with Crippen molar-refractivity contribution in [2.75, 3.05) is 0 Å². The van der Waals surface area contributed by atoms with Crippen molar-refractivity contribution in [1.82, 2.24) is 0 Å². The number of nitrogens with zero attached hydrogens (tertiary/aromatic N) is 3. The fourth-order valence-electron chi connectivity index (χ4n) is 4.13. The topological polar surface area (TPSA) is 60.0 Å². The molecule has 5 heteroatoms. The van der Waals surface area contributed by atoms with Crippen LogP contribution in [0.5, 0.6) is 11.5 Å². The molecule has 3 aliphatic rings. The van der Waals surface area contributed by atoms with E-state index in [4.69, 9.17) is 15.6 Å². The molecule has 2 heterocycles. The van der Waals surface area contributed by atoms with Crippen molar-refractivity contribution in [2.45, 2.75) is 19.8 Å². The third kappa shape index (κ3) is 2.80. The van der Waals surface area contributed by atoms with Crippen LogP contribution in [0.2, 0.25) is 0 Å². The van der Waals surface area contributed by atoms with E-state index in [2.05, 4.69) is 11.9 Å². The van der Waals surface area contributed by atoms with Gasteiger partial charge in [-0.15, -0.1) is 4.59 Å². The lowest BCUT2D eigenvalue weighted by molar-refractivity contribution is -0.750. The summed E-state index contributed by atoms with van der Waals surface area (Å²) in [5.41, 5.74) is 3.06. The average molecular weight is 371 g/mol. The number of para-hydroxylation sites is 1. The van der Waals surface area contributed by atoms with Gasteiger partial charge in [0.1, 0.15) is 23.4 Å². The Morgan fingerprint density at radius 3 is 2.43 bits per heavy atom. The number of benzene rings is 2. The van der Waals surface area contributed by atoms with E-state index in [9.17, 15) is 0 Å². The van der Waals surface area contributed by atoms with Crippen LogP contribution in [0, 0.1) is 11.8 Å². The summed E-state index contributed by atoms with van der Waals surface area (Å²) in [7, 11) is 0. The van der Waals surface area contributed by atoms with E-state index in [-0.39, 0.29) is 4.59 Å². The first kappa shape index (κ1) is 17.1. The minimum absolute atomic E-state index is 0.0859. The highest BCUT2D eigenvalue weighted by Gasteiger charge is 2.47. The molecular weight excluding hydrogens is 348 g/mol. The molecule has 2 aromatic carbocycles. The summed E-state index contributed by atoms with van der Waals surface area (Å²) in [4.78, 5) is 9.32. The Bertz CT molecular complexity index is 1010. The zero-order valence-corrected chi connectivity index (χ0v) is 15.8. The summed E-state index contributed by atoms with van der Waals surface area (Å²) in [6.45, 7) is 2.28. The molecule has 5 rings (SSSR count). The largest absolute Gasteiger partial charge is 0.457 e. The van der Waals surface area contributed by atoms with Crippen molar-refractivity contribution in [3.05, 3.63) is 84.0 Å². The van der Waals surface area contributed by atoms with Crippen LogP contribution in [0.25, 0.3) is 0 Å². The van der Waals surface area contributed by atoms with Crippen molar-refractivity contribution in [2.24, 2.45) is 27.7 Å². The standard InChI is InChI=1S/C23H23N4O/c1-16-13-18(14-16)22-21-15-25-11-12-27(21,24)23(26-22)17-7-9-20(10-8-17)28-19-5-3-2-4-6-19/h2-12,15-16,18H,13-14,24H2,1H3/q+1. The third-order valence-electron chi connectivity index (χ3n) is 5.67. The summed E-state index contributed by atoms with van der Waals surface area (Å²) in [5, 5.41) is 0. The lowest BCUT2D eigenvalue weighted by Gasteiger charge is -2.32. The zero-order valence-electron chi connectivity index (χ0n) is 15.8. The van der Waals surface area contributed by atoms with Crippen molar-refractivity contribution in [3.63, 3.8) is 0 Å². The quantitative estimate of drug-likeness (QED) is 0.623. The summed E-state index contributed by atoms with van der Waals surface area (Å²) in [6, 6.07) is 17.7. The van der Waals surface area contributed by atoms with Gasteiger partial charge in [-0.05, 0) is 55.2 Å². The number of hydrogen-bond donors (Lipinski definition) is 1. The molecule has 0 bridgehead atoms. The van der Waals surface area contributed by atoms with Crippen LogP contribution < -0.4 is 10.6 Å². The Kier molecular flexibility index (Phi) is 4.00. The molecule has 0 spiro atoms. The Hall–Kier alpha value is -3.02. The SMILES string of the molecule is CC1CC(C2=C3C=NC=C[N+]3(N)C(c3ccc(Oc4ccccc4)cc3)=N2)C1. The maximum atomic E-state index is 6.78. The molecule has 0 radical (unpaired) electrons. The Morgan fingerprint density at radius 2 is 1.71 bits per heavy atom. The molecule has 5 nitrogen and oxygen atoms in total. The van der Waals surface area contributed by atoms with E-state index >= 15 is 0 Å². The highest BCUT2D eigenvalue weighted by atomic mass is 16.5. The van der Waals surface area contributed by atoms with Crippen LogP contribution in [0.4, 0.5) is 0 Å². The number of hydrogen-bond acceptors (Lipinski definition) is 4. The Balaban J connectivity index is 1.45. The molecule has 2 N–H and O–H groups in total. The molecule has 0 aromatic heterocycles. The lowest BCUT2D eigenvalue weighted by atomic mass is 9.74.